The quantitative estimate of drug-likeness (QED) is 0.400. The fraction of sp³-hybridized carbons (Fsp3) is 0. The third-order valence-electron chi connectivity index (χ3n) is 4.13. The van der Waals surface area contributed by atoms with Crippen molar-refractivity contribution in [1.82, 2.24) is 24.9 Å². The zero-order chi connectivity index (χ0) is 17.7. The second-order valence-electron chi connectivity index (χ2n) is 5.80. The molecule has 0 aliphatic heterocycles. The van der Waals surface area contributed by atoms with Gasteiger partial charge in [0.05, 0.1) is 5.56 Å². The topological polar surface area (TPSA) is 112 Å². The minimum Gasteiger partial charge on any atom is -0.235 e. The zero-order valence-corrected chi connectivity index (χ0v) is 13.2. The first kappa shape index (κ1) is 14.1. The molecule has 0 saturated carbocycles. The number of rotatable bonds is 0. The van der Waals surface area contributed by atoms with Crippen molar-refractivity contribution in [3.8, 4) is 12.1 Å². The molecule has 7 nitrogen and oxygen atoms in total. The first-order valence-corrected chi connectivity index (χ1v) is 7.73. The minimum absolute atomic E-state index is 0.312. The summed E-state index contributed by atoms with van der Waals surface area (Å²) >= 11 is 0. The van der Waals surface area contributed by atoms with Crippen LogP contribution in [0, 0.1) is 22.7 Å². The summed E-state index contributed by atoms with van der Waals surface area (Å²) in [5.41, 5.74) is 2.82. The molecule has 0 bridgehead atoms. The Morgan fingerprint density at radius 2 is 1.23 bits per heavy atom. The van der Waals surface area contributed by atoms with Crippen molar-refractivity contribution in [3.63, 3.8) is 0 Å². The normalized spacial score (nSPS) is 11.0. The van der Waals surface area contributed by atoms with Crippen LogP contribution in [0.15, 0.2) is 42.6 Å². The van der Waals surface area contributed by atoms with Gasteiger partial charge < -0.3 is 0 Å². The molecule has 0 radical (unpaired) electrons. The maximum atomic E-state index is 9.03. The van der Waals surface area contributed by atoms with Gasteiger partial charge in [-0.3, -0.25) is 0 Å². The molecule has 0 aromatic carbocycles. The van der Waals surface area contributed by atoms with E-state index in [-0.39, 0.29) is 0 Å². The molecule has 7 heteroatoms. The Bertz CT molecular complexity index is 1350. The summed E-state index contributed by atoms with van der Waals surface area (Å²) in [7, 11) is 0. The molecule has 0 spiro atoms. The summed E-state index contributed by atoms with van der Waals surface area (Å²) < 4.78 is 0. The highest BCUT2D eigenvalue weighted by Gasteiger charge is 2.08. The van der Waals surface area contributed by atoms with E-state index in [0.717, 1.165) is 21.5 Å². The monoisotopic (exact) mass is 333 g/mol. The molecule has 0 atom stereocenters. The highest BCUT2D eigenvalue weighted by Crippen LogP contribution is 2.24. The maximum absolute atomic E-state index is 9.03. The predicted molar refractivity (Wildman–Crippen MR) is 94.9 cm³/mol. The Balaban J connectivity index is 1.83. The van der Waals surface area contributed by atoms with Crippen LogP contribution >= 0.6 is 0 Å². The lowest BCUT2D eigenvalue weighted by Crippen LogP contribution is -1.94. The molecule has 0 fully saturated rings. The molecule has 118 valence electrons. The molecule has 26 heavy (non-hydrogen) atoms. The molecule has 0 N–H and O–H groups in total. The zero-order valence-electron chi connectivity index (χ0n) is 13.2. The molecule has 0 saturated heterocycles. The molecule has 0 amide bonds. The SMILES string of the molecule is N#Cc1cnc2nc3nc4nc5nc(C#N)ccc5cc4cc3cc2c1. The largest absolute Gasteiger partial charge is 0.235 e. The van der Waals surface area contributed by atoms with Gasteiger partial charge in [0.25, 0.3) is 0 Å². The van der Waals surface area contributed by atoms with E-state index in [9.17, 15) is 0 Å². The van der Waals surface area contributed by atoms with Crippen LogP contribution in [0.25, 0.3) is 44.1 Å². The fourth-order valence-corrected chi connectivity index (χ4v) is 2.91. The number of hydrogen-bond acceptors (Lipinski definition) is 7. The minimum atomic E-state index is 0.312. The van der Waals surface area contributed by atoms with E-state index in [1.807, 2.05) is 30.3 Å². The molecule has 0 aliphatic carbocycles. The summed E-state index contributed by atoms with van der Waals surface area (Å²) in [5, 5.41) is 21.3. The van der Waals surface area contributed by atoms with Crippen LogP contribution in [0.1, 0.15) is 11.3 Å². The average molecular weight is 333 g/mol. The third kappa shape index (κ3) is 2.09. The van der Waals surface area contributed by atoms with Gasteiger partial charge in [-0.05, 0) is 36.4 Å². The number of aromatic nitrogens is 5. The van der Waals surface area contributed by atoms with Crippen molar-refractivity contribution < 1.29 is 0 Å². The number of hydrogen-bond donors (Lipinski definition) is 0. The van der Waals surface area contributed by atoms with E-state index in [4.69, 9.17) is 10.5 Å². The van der Waals surface area contributed by atoms with Crippen LogP contribution in [-0.2, 0) is 0 Å². The molecular weight excluding hydrogens is 326 g/mol. The summed E-state index contributed by atoms with van der Waals surface area (Å²) in [6, 6.07) is 15.1. The number of nitriles is 2. The fourth-order valence-electron chi connectivity index (χ4n) is 2.91. The van der Waals surface area contributed by atoms with Gasteiger partial charge in [-0.2, -0.15) is 10.5 Å². The van der Waals surface area contributed by atoms with E-state index in [0.29, 0.717) is 33.8 Å². The van der Waals surface area contributed by atoms with Crippen molar-refractivity contribution in [2.75, 3.05) is 0 Å². The van der Waals surface area contributed by atoms with Crippen molar-refractivity contribution >= 4 is 44.1 Å². The third-order valence-corrected chi connectivity index (χ3v) is 4.13. The van der Waals surface area contributed by atoms with Crippen LogP contribution in [0.4, 0.5) is 0 Å². The molecule has 5 rings (SSSR count). The van der Waals surface area contributed by atoms with Gasteiger partial charge in [0.2, 0.25) is 0 Å². The second-order valence-corrected chi connectivity index (χ2v) is 5.80. The van der Waals surface area contributed by atoms with Gasteiger partial charge in [0, 0.05) is 27.7 Å². The summed E-state index contributed by atoms with van der Waals surface area (Å²) in [6.45, 7) is 0. The van der Waals surface area contributed by atoms with E-state index in [1.54, 1.807) is 12.1 Å². The summed E-state index contributed by atoms with van der Waals surface area (Å²) in [6.07, 6.45) is 1.49. The molecule has 0 unspecified atom stereocenters. The Kier molecular flexibility index (Phi) is 2.79. The van der Waals surface area contributed by atoms with Crippen molar-refractivity contribution in [2.45, 2.75) is 0 Å². The van der Waals surface area contributed by atoms with Gasteiger partial charge >= 0.3 is 0 Å². The highest BCUT2D eigenvalue weighted by molar-refractivity contribution is 5.98. The van der Waals surface area contributed by atoms with Crippen LogP contribution in [0.3, 0.4) is 0 Å². The van der Waals surface area contributed by atoms with Crippen LogP contribution < -0.4 is 0 Å². The average Bonchev–Trinajstić information content (AvgIpc) is 2.68. The smallest absolute Gasteiger partial charge is 0.164 e. The number of nitrogens with zero attached hydrogens (tertiary/aromatic N) is 7. The lowest BCUT2D eigenvalue weighted by Gasteiger charge is -2.04. The van der Waals surface area contributed by atoms with Crippen molar-refractivity contribution in [1.29, 1.82) is 10.5 Å². The van der Waals surface area contributed by atoms with E-state index >= 15 is 0 Å². The van der Waals surface area contributed by atoms with Crippen LogP contribution in [0.5, 0.6) is 0 Å². The van der Waals surface area contributed by atoms with Gasteiger partial charge in [-0.25, -0.2) is 24.9 Å². The van der Waals surface area contributed by atoms with Crippen LogP contribution in [-0.4, -0.2) is 24.9 Å². The molecular formula is C19H7N7. The Labute approximate surface area is 146 Å². The van der Waals surface area contributed by atoms with Gasteiger partial charge in [-0.1, -0.05) is 0 Å². The molecule has 5 aromatic heterocycles. The Morgan fingerprint density at radius 3 is 1.92 bits per heavy atom. The van der Waals surface area contributed by atoms with E-state index in [1.165, 1.54) is 6.20 Å². The number of pyridine rings is 5. The van der Waals surface area contributed by atoms with Crippen molar-refractivity contribution in [3.05, 3.63) is 53.9 Å². The Hall–Kier alpha value is -4.23. The Morgan fingerprint density at radius 1 is 0.615 bits per heavy atom. The van der Waals surface area contributed by atoms with Gasteiger partial charge in [0.15, 0.2) is 22.6 Å². The molecule has 0 aliphatic rings. The second kappa shape index (κ2) is 5.13. The lowest BCUT2D eigenvalue weighted by atomic mass is 10.1. The van der Waals surface area contributed by atoms with Crippen molar-refractivity contribution in [2.24, 2.45) is 0 Å². The summed E-state index contributed by atoms with van der Waals surface area (Å²) in [5.74, 6) is 0. The lowest BCUT2D eigenvalue weighted by molar-refractivity contribution is 1.24. The first-order valence-electron chi connectivity index (χ1n) is 7.73. The predicted octanol–water partition coefficient (Wildman–Crippen LogP) is 3.02. The first-order chi connectivity index (χ1) is 12.7. The van der Waals surface area contributed by atoms with E-state index in [2.05, 4.69) is 31.0 Å². The highest BCUT2D eigenvalue weighted by atomic mass is 15.0. The summed E-state index contributed by atoms with van der Waals surface area (Å²) in [4.78, 5) is 21.9. The van der Waals surface area contributed by atoms with Crippen LogP contribution in [0.2, 0.25) is 0 Å². The van der Waals surface area contributed by atoms with Gasteiger partial charge in [-0.15, -0.1) is 0 Å². The van der Waals surface area contributed by atoms with E-state index < -0.39 is 0 Å². The maximum Gasteiger partial charge on any atom is 0.164 e. The van der Waals surface area contributed by atoms with Gasteiger partial charge in [0.1, 0.15) is 17.8 Å². The standard InChI is InChI=1S/C19H7N7/c20-7-10-3-12-5-14-6-13-4-11-1-2-15(8-21)23-17(11)25-19(13)26-18(14)24-16(12)22-9-10/h1-6,9H. The molecule has 5 aromatic rings. The molecule has 5 heterocycles. The number of fused-ring (bicyclic) bond motifs is 4.